The number of rotatable bonds is 4. The average molecular weight is 263 g/mol. The van der Waals surface area contributed by atoms with Crippen LogP contribution in [0.25, 0.3) is 0 Å². The van der Waals surface area contributed by atoms with Crippen molar-refractivity contribution in [2.24, 2.45) is 0 Å². The van der Waals surface area contributed by atoms with Gasteiger partial charge in [0.25, 0.3) is 0 Å². The molecule has 0 aliphatic rings. The minimum absolute atomic E-state index is 0.482. The average Bonchev–Trinajstić information content (AvgIpc) is 2.36. The zero-order valence-electron chi connectivity index (χ0n) is 10.2. The van der Waals surface area contributed by atoms with Crippen molar-refractivity contribution in [1.82, 2.24) is 9.97 Å². The number of nitrogens with two attached hydrogens (primary N) is 1. The highest BCUT2D eigenvalue weighted by molar-refractivity contribution is 6.30. The molecule has 1 heterocycles. The van der Waals surface area contributed by atoms with Crippen LogP contribution < -0.4 is 11.1 Å². The van der Waals surface area contributed by atoms with Gasteiger partial charge in [0.15, 0.2) is 0 Å². The number of halogens is 1. The molecule has 2 rings (SSSR count). The first-order valence-corrected chi connectivity index (χ1v) is 6.17. The maximum absolute atomic E-state index is 5.93. The Bertz CT molecular complexity index is 542. The monoisotopic (exact) mass is 262 g/mol. The lowest BCUT2D eigenvalue weighted by molar-refractivity contribution is 0.938. The number of nitrogen functional groups attached to an aromatic ring is 1. The summed E-state index contributed by atoms with van der Waals surface area (Å²) in [4.78, 5) is 8.48. The van der Waals surface area contributed by atoms with Gasteiger partial charge in [-0.2, -0.15) is 0 Å². The van der Waals surface area contributed by atoms with E-state index in [1.165, 1.54) is 0 Å². The quantitative estimate of drug-likeness (QED) is 0.889. The molecule has 5 heteroatoms. The predicted octanol–water partition coefficient (Wildman–Crippen LogP) is 2.89. The van der Waals surface area contributed by atoms with E-state index in [1.54, 1.807) is 6.07 Å². The fourth-order valence-electron chi connectivity index (χ4n) is 1.61. The standard InChI is InChI=1S/C13H15ClN4/c1-2-12-17-11(15)7-13(18-12)16-8-9-4-3-5-10(14)6-9/h3-7H,2,8H2,1H3,(H3,15,16,17,18). The van der Waals surface area contributed by atoms with Gasteiger partial charge < -0.3 is 11.1 Å². The third-order valence-corrected chi connectivity index (χ3v) is 2.71. The molecule has 0 saturated heterocycles. The third-order valence-electron chi connectivity index (χ3n) is 2.47. The third kappa shape index (κ3) is 3.34. The molecule has 0 atom stereocenters. The van der Waals surface area contributed by atoms with Gasteiger partial charge in [0.2, 0.25) is 0 Å². The minimum Gasteiger partial charge on any atom is -0.384 e. The molecule has 1 aromatic carbocycles. The van der Waals surface area contributed by atoms with Crippen molar-refractivity contribution in [2.45, 2.75) is 19.9 Å². The molecule has 0 bridgehead atoms. The maximum Gasteiger partial charge on any atom is 0.132 e. The predicted molar refractivity (Wildman–Crippen MR) is 74.6 cm³/mol. The van der Waals surface area contributed by atoms with Gasteiger partial charge in [-0.3, -0.25) is 0 Å². The van der Waals surface area contributed by atoms with Crippen LogP contribution in [0.5, 0.6) is 0 Å². The Labute approximate surface area is 111 Å². The molecule has 0 aliphatic heterocycles. The maximum atomic E-state index is 5.93. The van der Waals surface area contributed by atoms with Crippen LogP contribution in [0.2, 0.25) is 5.02 Å². The van der Waals surface area contributed by atoms with Crippen molar-refractivity contribution in [3.05, 3.63) is 46.7 Å². The van der Waals surface area contributed by atoms with E-state index in [2.05, 4.69) is 15.3 Å². The van der Waals surface area contributed by atoms with Crippen LogP contribution in [0, 0.1) is 0 Å². The van der Waals surface area contributed by atoms with E-state index in [9.17, 15) is 0 Å². The molecular weight excluding hydrogens is 248 g/mol. The molecule has 3 N–H and O–H groups in total. The first kappa shape index (κ1) is 12.6. The molecule has 94 valence electrons. The van der Waals surface area contributed by atoms with E-state index < -0.39 is 0 Å². The number of aryl methyl sites for hydroxylation is 1. The van der Waals surface area contributed by atoms with E-state index in [0.29, 0.717) is 12.4 Å². The molecule has 1 aromatic heterocycles. The van der Waals surface area contributed by atoms with E-state index >= 15 is 0 Å². The highest BCUT2D eigenvalue weighted by atomic mass is 35.5. The van der Waals surface area contributed by atoms with Crippen LogP contribution in [0.15, 0.2) is 30.3 Å². The van der Waals surface area contributed by atoms with Crippen LogP contribution in [0.4, 0.5) is 11.6 Å². The lowest BCUT2D eigenvalue weighted by Gasteiger charge is -2.08. The van der Waals surface area contributed by atoms with Crippen molar-refractivity contribution in [1.29, 1.82) is 0 Å². The summed E-state index contributed by atoms with van der Waals surface area (Å²) in [6.07, 6.45) is 0.761. The summed E-state index contributed by atoms with van der Waals surface area (Å²) in [6, 6.07) is 9.42. The Kier molecular flexibility index (Phi) is 3.99. The Hall–Kier alpha value is -1.81. The van der Waals surface area contributed by atoms with Gasteiger partial charge in [0, 0.05) is 24.1 Å². The van der Waals surface area contributed by atoms with Crippen LogP contribution in [-0.4, -0.2) is 9.97 Å². The number of hydrogen-bond donors (Lipinski definition) is 2. The van der Waals surface area contributed by atoms with E-state index in [0.717, 1.165) is 28.6 Å². The van der Waals surface area contributed by atoms with Crippen LogP contribution >= 0.6 is 11.6 Å². The summed E-state index contributed by atoms with van der Waals surface area (Å²) < 4.78 is 0. The summed E-state index contributed by atoms with van der Waals surface area (Å²) in [5.41, 5.74) is 6.81. The summed E-state index contributed by atoms with van der Waals surface area (Å²) >= 11 is 5.93. The van der Waals surface area contributed by atoms with Crippen molar-refractivity contribution in [3.8, 4) is 0 Å². The smallest absolute Gasteiger partial charge is 0.132 e. The van der Waals surface area contributed by atoms with E-state index in [1.807, 2.05) is 31.2 Å². The molecule has 2 aromatic rings. The molecule has 0 spiro atoms. The summed E-state index contributed by atoms with van der Waals surface area (Å²) in [7, 11) is 0. The van der Waals surface area contributed by atoms with E-state index in [4.69, 9.17) is 17.3 Å². The molecule has 0 radical (unpaired) electrons. The fraction of sp³-hybridized carbons (Fsp3) is 0.231. The lowest BCUT2D eigenvalue weighted by Crippen LogP contribution is -2.06. The fourth-order valence-corrected chi connectivity index (χ4v) is 1.82. The van der Waals surface area contributed by atoms with Crippen LogP contribution in [0.1, 0.15) is 18.3 Å². The second-order valence-corrected chi connectivity index (χ2v) is 4.37. The van der Waals surface area contributed by atoms with Crippen molar-refractivity contribution in [2.75, 3.05) is 11.1 Å². The Morgan fingerprint density at radius 3 is 2.83 bits per heavy atom. The zero-order valence-corrected chi connectivity index (χ0v) is 10.9. The molecule has 0 unspecified atom stereocenters. The number of benzene rings is 1. The second-order valence-electron chi connectivity index (χ2n) is 3.93. The normalized spacial score (nSPS) is 10.3. The molecule has 0 amide bonds. The number of nitrogens with one attached hydrogen (secondary N) is 1. The molecule has 0 fully saturated rings. The van der Waals surface area contributed by atoms with Gasteiger partial charge in [-0.15, -0.1) is 0 Å². The molecule has 0 saturated carbocycles. The van der Waals surface area contributed by atoms with Crippen molar-refractivity contribution >= 4 is 23.2 Å². The SMILES string of the molecule is CCc1nc(N)cc(NCc2cccc(Cl)c2)n1. The van der Waals surface area contributed by atoms with Gasteiger partial charge in [-0.25, -0.2) is 9.97 Å². The molecular formula is C13H15ClN4. The Morgan fingerprint density at radius 1 is 1.28 bits per heavy atom. The van der Waals surface area contributed by atoms with Gasteiger partial charge >= 0.3 is 0 Å². The Balaban J connectivity index is 2.08. The van der Waals surface area contributed by atoms with Crippen molar-refractivity contribution in [3.63, 3.8) is 0 Å². The number of anilines is 2. The largest absolute Gasteiger partial charge is 0.384 e. The highest BCUT2D eigenvalue weighted by Gasteiger charge is 2.01. The first-order chi connectivity index (χ1) is 8.67. The lowest BCUT2D eigenvalue weighted by atomic mass is 10.2. The van der Waals surface area contributed by atoms with Crippen LogP contribution in [-0.2, 0) is 13.0 Å². The minimum atomic E-state index is 0.482. The van der Waals surface area contributed by atoms with Gasteiger partial charge in [-0.1, -0.05) is 30.7 Å². The number of hydrogen-bond acceptors (Lipinski definition) is 4. The molecule has 18 heavy (non-hydrogen) atoms. The highest BCUT2D eigenvalue weighted by Crippen LogP contribution is 2.13. The number of aromatic nitrogens is 2. The second kappa shape index (κ2) is 5.69. The van der Waals surface area contributed by atoms with Gasteiger partial charge in [0.05, 0.1) is 0 Å². The topological polar surface area (TPSA) is 63.8 Å². The molecule has 4 nitrogen and oxygen atoms in total. The van der Waals surface area contributed by atoms with E-state index in [-0.39, 0.29) is 0 Å². The zero-order chi connectivity index (χ0) is 13.0. The van der Waals surface area contributed by atoms with Crippen molar-refractivity contribution < 1.29 is 0 Å². The summed E-state index contributed by atoms with van der Waals surface area (Å²) in [5, 5.41) is 3.94. The van der Waals surface area contributed by atoms with Gasteiger partial charge in [-0.05, 0) is 17.7 Å². The molecule has 0 aliphatic carbocycles. The number of nitrogens with zero attached hydrogens (tertiary/aromatic N) is 2. The summed E-state index contributed by atoms with van der Waals surface area (Å²) in [5.74, 6) is 1.96. The Morgan fingerprint density at radius 2 is 2.11 bits per heavy atom. The van der Waals surface area contributed by atoms with Gasteiger partial charge in [0.1, 0.15) is 17.5 Å². The first-order valence-electron chi connectivity index (χ1n) is 5.79. The van der Waals surface area contributed by atoms with Crippen LogP contribution in [0.3, 0.4) is 0 Å². The summed E-state index contributed by atoms with van der Waals surface area (Å²) in [6.45, 7) is 2.65.